The zero-order valence-electron chi connectivity index (χ0n) is 8.44. The minimum Gasteiger partial charge on any atom is -0.308 e. The summed E-state index contributed by atoms with van der Waals surface area (Å²) < 4.78 is 0. The summed E-state index contributed by atoms with van der Waals surface area (Å²) in [5.74, 6) is 6.07. The standard InChI is InChI=1S/C11H12N4/c1-13-11(15-12)9-6-7-14-10-5-3-2-4-8(9)10/h2-7H,12H2,1H3,(H,13,15). The van der Waals surface area contributed by atoms with Crippen molar-refractivity contribution in [2.75, 3.05) is 7.05 Å². The number of hydrazine groups is 1. The number of amidine groups is 1. The molecule has 0 radical (unpaired) electrons. The zero-order chi connectivity index (χ0) is 10.7. The summed E-state index contributed by atoms with van der Waals surface area (Å²) >= 11 is 0. The van der Waals surface area contributed by atoms with Gasteiger partial charge in [-0.25, -0.2) is 5.84 Å². The number of nitrogens with one attached hydrogen (secondary N) is 1. The van der Waals surface area contributed by atoms with E-state index in [4.69, 9.17) is 5.84 Å². The van der Waals surface area contributed by atoms with E-state index in [1.807, 2.05) is 30.3 Å². The second kappa shape index (κ2) is 4.06. The first-order valence-electron chi connectivity index (χ1n) is 4.64. The molecule has 0 atom stereocenters. The Morgan fingerprint density at radius 1 is 1.33 bits per heavy atom. The van der Waals surface area contributed by atoms with E-state index < -0.39 is 0 Å². The lowest BCUT2D eigenvalue weighted by Gasteiger charge is -2.07. The van der Waals surface area contributed by atoms with Crippen LogP contribution in [-0.2, 0) is 0 Å². The molecule has 0 saturated heterocycles. The van der Waals surface area contributed by atoms with Crippen molar-refractivity contribution in [1.29, 1.82) is 0 Å². The Morgan fingerprint density at radius 3 is 2.87 bits per heavy atom. The number of hydrogen-bond donors (Lipinski definition) is 2. The summed E-state index contributed by atoms with van der Waals surface area (Å²) in [6.45, 7) is 0. The second-order valence-electron chi connectivity index (χ2n) is 3.09. The molecular formula is C11H12N4. The van der Waals surface area contributed by atoms with E-state index >= 15 is 0 Å². The molecule has 3 N–H and O–H groups in total. The zero-order valence-corrected chi connectivity index (χ0v) is 8.44. The van der Waals surface area contributed by atoms with Gasteiger partial charge in [-0.3, -0.25) is 9.98 Å². The van der Waals surface area contributed by atoms with Gasteiger partial charge in [0.1, 0.15) is 5.84 Å². The molecule has 1 aromatic carbocycles. The highest BCUT2D eigenvalue weighted by atomic mass is 15.2. The minimum atomic E-state index is 0.661. The fourth-order valence-corrected chi connectivity index (χ4v) is 1.57. The van der Waals surface area contributed by atoms with Crippen LogP contribution in [-0.4, -0.2) is 17.9 Å². The van der Waals surface area contributed by atoms with E-state index in [-0.39, 0.29) is 0 Å². The molecule has 0 amide bonds. The highest BCUT2D eigenvalue weighted by Crippen LogP contribution is 2.15. The monoisotopic (exact) mass is 200 g/mol. The van der Waals surface area contributed by atoms with Gasteiger partial charge in [-0.2, -0.15) is 0 Å². The lowest BCUT2D eigenvalue weighted by Crippen LogP contribution is -2.31. The van der Waals surface area contributed by atoms with E-state index in [1.54, 1.807) is 13.2 Å². The van der Waals surface area contributed by atoms with Gasteiger partial charge in [-0.15, -0.1) is 0 Å². The van der Waals surface area contributed by atoms with Gasteiger partial charge in [-0.1, -0.05) is 18.2 Å². The molecule has 15 heavy (non-hydrogen) atoms. The molecule has 1 aromatic heterocycles. The number of rotatable bonds is 1. The molecule has 0 fully saturated rings. The third kappa shape index (κ3) is 1.67. The van der Waals surface area contributed by atoms with Crippen LogP contribution in [0, 0.1) is 0 Å². The average molecular weight is 200 g/mol. The molecule has 0 unspecified atom stereocenters. The Hall–Kier alpha value is -1.94. The van der Waals surface area contributed by atoms with E-state index in [0.717, 1.165) is 16.5 Å². The highest BCUT2D eigenvalue weighted by molar-refractivity contribution is 6.08. The maximum absolute atomic E-state index is 5.41. The molecular weight excluding hydrogens is 188 g/mol. The summed E-state index contributed by atoms with van der Waals surface area (Å²) in [5.41, 5.74) is 4.48. The normalized spacial score (nSPS) is 11.7. The summed E-state index contributed by atoms with van der Waals surface area (Å²) in [7, 11) is 1.70. The summed E-state index contributed by atoms with van der Waals surface area (Å²) in [6.07, 6.45) is 1.75. The van der Waals surface area contributed by atoms with Crippen molar-refractivity contribution in [2.45, 2.75) is 0 Å². The SMILES string of the molecule is CN=C(NN)c1ccnc2ccccc12. The predicted molar refractivity (Wildman–Crippen MR) is 61.5 cm³/mol. The van der Waals surface area contributed by atoms with Crippen molar-refractivity contribution in [3.8, 4) is 0 Å². The predicted octanol–water partition coefficient (Wildman–Crippen LogP) is 1.07. The van der Waals surface area contributed by atoms with Crippen molar-refractivity contribution in [1.82, 2.24) is 10.4 Å². The Morgan fingerprint density at radius 2 is 2.13 bits per heavy atom. The third-order valence-electron chi connectivity index (χ3n) is 2.26. The Kier molecular flexibility index (Phi) is 2.60. The van der Waals surface area contributed by atoms with Crippen LogP contribution in [0.1, 0.15) is 5.56 Å². The molecule has 0 aliphatic heterocycles. The Bertz CT molecular complexity index is 499. The fourth-order valence-electron chi connectivity index (χ4n) is 1.57. The van der Waals surface area contributed by atoms with E-state index in [0.29, 0.717) is 5.84 Å². The lowest BCUT2D eigenvalue weighted by molar-refractivity contribution is 1.02. The van der Waals surface area contributed by atoms with Gasteiger partial charge in [0, 0.05) is 24.2 Å². The van der Waals surface area contributed by atoms with Crippen LogP contribution in [0.25, 0.3) is 10.9 Å². The molecule has 0 aliphatic rings. The van der Waals surface area contributed by atoms with Gasteiger partial charge in [0.05, 0.1) is 5.52 Å². The molecule has 1 heterocycles. The molecule has 0 aliphatic carbocycles. The van der Waals surface area contributed by atoms with Crippen LogP contribution in [0.3, 0.4) is 0 Å². The quantitative estimate of drug-likeness (QED) is 0.313. The maximum Gasteiger partial charge on any atom is 0.142 e. The Labute approximate surface area is 87.8 Å². The van der Waals surface area contributed by atoms with Crippen molar-refractivity contribution in [2.24, 2.45) is 10.8 Å². The van der Waals surface area contributed by atoms with E-state index in [2.05, 4.69) is 15.4 Å². The number of aromatic nitrogens is 1. The summed E-state index contributed by atoms with van der Waals surface area (Å²) in [5, 5.41) is 1.04. The molecule has 2 rings (SSSR count). The second-order valence-corrected chi connectivity index (χ2v) is 3.09. The van der Waals surface area contributed by atoms with Crippen LogP contribution in [0.4, 0.5) is 0 Å². The van der Waals surface area contributed by atoms with E-state index in [9.17, 15) is 0 Å². The molecule has 0 saturated carbocycles. The molecule has 0 bridgehead atoms. The average Bonchev–Trinajstić information content (AvgIpc) is 2.31. The molecule has 76 valence electrons. The number of benzene rings is 1. The van der Waals surface area contributed by atoms with Crippen LogP contribution in [0.15, 0.2) is 41.5 Å². The largest absolute Gasteiger partial charge is 0.308 e. The number of para-hydroxylation sites is 1. The van der Waals surface area contributed by atoms with Crippen LogP contribution in [0.5, 0.6) is 0 Å². The summed E-state index contributed by atoms with van der Waals surface area (Å²) in [6, 6.07) is 9.78. The van der Waals surface area contributed by atoms with Gasteiger partial charge in [0.2, 0.25) is 0 Å². The first-order chi connectivity index (χ1) is 7.36. The van der Waals surface area contributed by atoms with Crippen LogP contribution < -0.4 is 11.3 Å². The molecule has 0 spiro atoms. The van der Waals surface area contributed by atoms with Gasteiger partial charge in [0.25, 0.3) is 0 Å². The molecule has 2 aromatic rings. The maximum atomic E-state index is 5.41. The first-order valence-corrected chi connectivity index (χ1v) is 4.64. The topological polar surface area (TPSA) is 63.3 Å². The highest BCUT2D eigenvalue weighted by Gasteiger charge is 2.05. The third-order valence-corrected chi connectivity index (χ3v) is 2.26. The van der Waals surface area contributed by atoms with Crippen molar-refractivity contribution < 1.29 is 0 Å². The number of fused-ring (bicyclic) bond motifs is 1. The fraction of sp³-hybridized carbons (Fsp3) is 0.0909. The first kappa shape index (κ1) is 9.61. The molecule has 4 heteroatoms. The molecule has 4 nitrogen and oxygen atoms in total. The smallest absolute Gasteiger partial charge is 0.142 e. The Balaban J connectivity index is 2.71. The van der Waals surface area contributed by atoms with Crippen molar-refractivity contribution in [3.05, 3.63) is 42.1 Å². The van der Waals surface area contributed by atoms with Gasteiger partial charge in [-0.05, 0) is 12.1 Å². The van der Waals surface area contributed by atoms with Crippen LogP contribution in [0.2, 0.25) is 0 Å². The van der Waals surface area contributed by atoms with Crippen molar-refractivity contribution >= 4 is 16.7 Å². The number of nitrogens with zero attached hydrogens (tertiary/aromatic N) is 2. The number of aliphatic imine (C=N–C) groups is 1. The number of nitrogens with two attached hydrogens (primary N) is 1. The summed E-state index contributed by atoms with van der Waals surface area (Å²) in [4.78, 5) is 8.35. The van der Waals surface area contributed by atoms with Gasteiger partial charge in [0.15, 0.2) is 0 Å². The van der Waals surface area contributed by atoms with Gasteiger partial charge < -0.3 is 5.43 Å². The van der Waals surface area contributed by atoms with Gasteiger partial charge >= 0.3 is 0 Å². The van der Waals surface area contributed by atoms with Crippen LogP contribution >= 0.6 is 0 Å². The lowest BCUT2D eigenvalue weighted by atomic mass is 10.1. The number of hydrogen-bond acceptors (Lipinski definition) is 3. The van der Waals surface area contributed by atoms with E-state index in [1.165, 1.54) is 0 Å². The number of pyridine rings is 1. The van der Waals surface area contributed by atoms with Crippen molar-refractivity contribution in [3.63, 3.8) is 0 Å². The minimum absolute atomic E-state index is 0.661.